The lowest BCUT2D eigenvalue weighted by atomic mass is 10.6. The molecule has 0 aliphatic rings. The number of carboxylic acids is 1. The summed E-state index contributed by atoms with van der Waals surface area (Å²) in [5.41, 5.74) is 1.64. The number of hydrogen-bond donors (Lipinski definition) is 2. The predicted octanol–water partition coefficient (Wildman–Crippen LogP) is 0.640. The molecular weight excluding hydrogens is 152 g/mol. The number of nitrogens with one attached hydrogen (secondary N) is 1. The Hall–Kier alpha value is -1.10. The van der Waals surface area contributed by atoms with Crippen LogP contribution in [0, 0.1) is 0 Å². The van der Waals surface area contributed by atoms with Crippen LogP contribution in [0.5, 0.6) is 0 Å². The summed E-state index contributed by atoms with van der Waals surface area (Å²) in [6.45, 7) is -0.0534. The number of hydrogen-bond acceptors (Lipinski definition) is 4. The summed E-state index contributed by atoms with van der Waals surface area (Å²) >= 11 is 1.38. The molecule has 0 spiro atoms. The molecule has 0 aliphatic carbocycles. The van der Waals surface area contributed by atoms with Gasteiger partial charge in [-0.1, -0.05) is 0 Å². The number of carbonyl (C=O) groups is 1. The van der Waals surface area contributed by atoms with Gasteiger partial charge in [-0.05, 0) is 0 Å². The van der Waals surface area contributed by atoms with Crippen molar-refractivity contribution in [2.75, 3.05) is 11.9 Å². The highest BCUT2D eigenvalue weighted by Crippen LogP contribution is 2.10. The highest BCUT2D eigenvalue weighted by atomic mass is 32.1. The summed E-state index contributed by atoms with van der Waals surface area (Å²) in [5.74, 6) is -0.867. The van der Waals surface area contributed by atoms with Crippen molar-refractivity contribution in [2.24, 2.45) is 0 Å². The maximum absolute atomic E-state index is 10.0. The number of nitrogens with zero attached hydrogens (tertiary/aromatic N) is 1. The summed E-state index contributed by atoms with van der Waals surface area (Å²) in [5, 5.41) is 11.7. The van der Waals surface area contributed by atoms with Crippen LogP contribution < -0.4 is 5.32 Å². The molecule has 0 saturated heterocycles. The van der Waals surface area contributed by atoms with Crippen LogP contribution in [0.2, 0.25) is 0 Å². The quantitative estimate of drug-likeness (QED) is 0.677. The molecule has 54 valence electrons. The van der Waals surface area contributed by atoms with Crippen molar-refractivity contribution in [2.45, 2.75) is 0 Å². The van der Waals surface area contributed by atoms with Gasteiger partial charge in [-0.2, -0.15) is 0 Å². The molecule has 0 aromatic carbocycles. The first-order chi connectivity index (χ1) is 4.79. The first kappa shape index (κ1) is 7.01. The Bertz CT molecular complexity index is 209. The van der Waals surface area contributed by atoms with Crippen molar-refractivity contribution in [3.05, 3.63) is 11.7 Å². The van der Waals surface area contributed by atoms with Gasteiger partial charge in [-0.25, -0.2) is 0 Å². The second kappa shape index (κ2) is 3.17. The first-order valence-corrected chi connectivity index (χ1v) is 3.51. The van der Waals surface area contributed by atoms with Gasteiger partial charge in [0.2, 0.25) is 0 Å². The van der Waals surface area contributed by atoms with Crippen LogP contribution >= 0.6 is 11.3 Å². The fourth-order valence-electron chi connectivity index (χ4n) is 0.466. The van der Waals surface area contributed by atoms with E-state index in [0.717, 1.165) is 5.00 Å². The third-order valence-corrected chi connectivity index (χ3v) is 1.58. The Morgan fingerprint density at radius 2 is 2.70 bits per heavy atom. The van der Waals surface area contributed by atoms with Crippen LogP contribution in [0.15, 0.2) is 11.7 Å². The lowest BCUT2D eigenvalue weighted by Gasteiger charge is -1.94. The number of aromatic nitrogens is 1. The lowest BCUT2D eigenvalue weighted by molar-refractivity contribution is -0.134. The molecule has 0 amide bonds. The van der Waals surface area contributed by atoms with Gasteiger partial charge in [0.25, 0.3) is 0 Å². The molecule has 4 nitrogen and oxygen atoms in total. The van der Waals surface area contributed by atoms with Crippen molar-refractivity contribution in [3.8, 4) is 0 Å². The third-order valence-electron chi connectivity index (χ3n) is 0.846. The Morgan fingerprint density at radius 1 is 1.90 bits per heavy atom. The van der Waals surface area contributed by atoms with Crippen molar-refractivity contribution >= 4 is 22.3 Å². The van der Waals surface area contributed by atoms with E-state index in [-0.39, 0.29) is 6.54 Å². The van der Waals surface area contributed by atoms with Gasteiger partial charge < -0.3 is 10.4 Å². The van der Waals surface area contributed by atoms with Crippen molar-refractivity contribution in [1.82, 2.24) is 4.98 Å². The van der Waals surface area contributed by atoms with Gasteiger partial charge in [-0.15, -0.1) is 11.3 Å². The minimum absolute atomic E-state index is 0.0534. The largest absolute Gasteiger partial charge is 0.480 e. The fourth-order valence-corrected chi connectivity index (χ4v) is 0.978. The molecule has 1 aromatic heterocycles. The minimum Gasteiger partial charge on any atom is -0.480 e. The van der Waals surface area contributed by atoms with Gasteiger partial charge in [0.05, 0.1) is 11.7 Å². The van der Waals surface area contributed by atoms with E-state index in [0.29, 0.717) is 0 Å². The van der Waals surface area contributed by atoms with Gasteiger partial charge in [0, 0.05) is 0 Å². The SMILES string of the molecule is O=C(O)CNc1cncs1. The zero-order chi connectivity index (χ0) is 7.40. The van der Waals surface area contributed by atoms with Gasteiger partial charge in [0.1, 0.15) is 11.5 Å². The van der Waals surface area contributed by atoms with Crippen molar-refractivity contribution < 1.29 is 9.90 Å². The molecule has 0 unspecified atom stereocenters. The van der Waals surface area contributed by atoms with E-state index in [1.807, 2.05) is 0 Å². The van der Waals surface area contributed by atoms with Crippen LogP contribution in [0.1, 0.15) is 0 Å². The second-order valence-electron chi connectivity index (χ2n) is 1.61. The standard InChI is InChI=1S/C5H6N2O2S/c8-5(9)2-7-4-1-6-3-10-4/h1,3,7H,2H2,(H,8,9). The molecule has 10 heavy (non-hydrogen) atoms. The topological polar surface area (TPSA) is 62.2 Å². The first-order valence-electron chi connectivity index (χ1n) is 2.63. The molecule has 0 atom stereocenters. The average Bonchev–Trinajstić information content (AvgIpc) is 2.34. The maximum atomic E-state index is 10.0. The summed E-state index contributed by atoms with van der Waals surface area (Å²) in [6, 6.07) is 0. The highest BCUT2D eigenvalue weighted by Gasteiger charge is 1.96. The fraction of sp³-hybridized carbons (Fsp3) is 0.200. The van der Waals surface area contributed by atoms with Gasteiger partial charge >= 0.3 is 5.97 Å². The van der Waals surface area contributed by atoms with Crippen molar-refractivity contribution in [3.63, 3.8) is 0 Å². The summed E-state index contributed by atoms with van der Waals surface area (Å²) < 4.78 is 0. The number of anilines is 1. The molecule has 1 rings (SSSR count). The zero-order valence-electron chi connectivity index (χ0n) is 5.07. The van der Waals surface area contributed by atoms with E-state index in [4.69, 9.17) is 5.11 Å². The smallest absolute Gasteiger partial charge is 0.322 e. The highest BCUT2D eigenvalue weighted by molar-refractivity contribution is 7.13. The number of carboxylic acid groups (broad SMARTS) is 1. The van der Waals surface area contributed by atoms with Crippen LogP contribution in [0.3, 0.4) is 0 Å². The molecule has 5 heteroatoms. The lowest BCUT2D eigenvalue weighted by Crippen LogP contribution is -2.11. The monoisotopic (exact) mass is 158 g/mol. The molecular formula is C5H6N2O2S. The maximum Gasteiger partial charge on any atom is 0.322 e. The Labute approximate surface area is 61.5 Å². The normalized spacial score (nSPS) is 9.20. The molecule has 2 N–H and O–H groups in total. The van der Waals surface area contributed by atoms with E-state index in [1.165, 1.54) is 11.3 Å². The van der Waals surface area contributed by atoms with E-state index in [9.17, 15) is 4.79 Å². The van der Waals surface area contributed by atoms with Crippen LogP contribution in [0.25, 0.3) is 0 Å². The van der Waals surface area contributed by atoms with E-state index in [2.05, 4.69) is 10.3 Å². The molecule has 0 radical (unpaired) electrons. The van der Waals surface area contributed by atoms with Gasteiger partial charge in [-0.3, -0.25) is 9.78 Å². The zero-order valence-corrected chi connectivity index (χ0v) is 5.89. The van der Waals surface area contributed by atoms with Gasteiger partial charge in [0.15, 0.2) is 0 Å². The number of thiazole rings is 1. The van der Waals surface area contributed by atoms with Crippen molar-refractivity contribution in [1.29, 1.82) is 0 Å². The number of aliphatic carboxylic acids is 1. The summed E-state index contributed by atoms with van der Waals surface area (Å²) in [6.07, 6.45) is 1.59. The summed E-state index contributed by atoms with van der Waals surface area (Å²) in [4.78, 5) is 13.8. The molecule has 0 saturated carbocycles. The molecule has 1 aromatic rings. The van der Waals surface area contributed by atoms with Crippen LogP contribution in [-0.2, 0) is 4.79 Å². The third kappa shape index (κ3) is 2.02. The molecule has 1 heterocycles. The second-order valence-corrected chi connectivity index (χ2v) is 2.50. The molecule has 0 fully saturated rings. The van der Waals surface area contributed by atoms with Crippen LogP contribution in [0.4, 0.5) is 5.00 Å². The minimum atomic E-state index is -0.867. The van der Waals surface area contributed by atoms with E-state index < -0.39 is 5.97 Å². The number of rotatable bonds is 3. The Balaban J connectivity index is 2.35. The van der Waals surface area contributed by atoms with E-state index in [1.54, 1.807) is 11.7 Å². The molecule has 0 bridgehead atoms. The Morgan fingerprint density at radius 3 is 3.20 bits per heavy atom. The Kier molecular flexibility index (Phi) is 2.22. The molecule has 0 aliphatic heterocycles. The average molecular weight is 158 g/mol. The van der Waals surface area contributed by atoms with E-state index >= 15 is 0 Å². The predicted molar refractivity (Wildman–Crippen MR) is 38.2 cm³/mol. The van der Waals surface area contributed by atoms with Crippen LogP contribution in [-0.4, -0.2) is 22.6 Å². The summed E-state index contributed by atoms with van der Waals surface area (Å²) in [7, 11) is 0.